The minimum Gasteiger partial charge on any atom is -0.361 e. The Bertz CT molecular complexity index is 637. The fourth-order valence-electron chi connectivity index (χ4n) is 2.08. The van der Waals surface area contributed by atoms with Crippen molar-refractivity contribution in [1.29, 1.82) is 0 Å². The number of aromatic nitrogens is 1. The van der Waals surface area contributed by atoms with Crippen molar-refractivity contribution in [1.82, 2.24) is 10.3 Å². The van der Waals surface area contributed by atoms with Gasteiger partial charge in [0.25, 0.3) is 0 Å². The van der Waals surface area contributed by atoms with Crippen LogP contribution < -0.4 is 10.6 Å². The number of benzene rings is 1. The lowest BCUT2D eigenvalue weighted by Crippen LogP contribution is -2.25. The zero-order valence-electron chi connectivity index (χ0n) is 12.1. The maximum Gasteiger partial charge on any atom is 0.220 e. The number of anilines is 1. The largest absolute Gasteiger partial charge is 0.361 e. The predicted molar refractivity (Wildman–Crippen MR) is 86.4 cm³/mol. The van der Waals surface area contributed by atoms with Crippen molar-refractivity contribution in [3.05, 3.63) is 35.5 Å². The first-order chi connectivity index (χ1) is 10.7. The van der Waals surface area contributed by atoms with E-state index in [0.29, 0.717) is 19.0 Å². The van der Waals surface area contributed by atoms with Gasteiger partial charge in [0.15, 0.2) is 5.13 Å². The van der Waals surface area contributed by atoms with Crippen molar-refractivity contribution in [3.63, 3.8) is 0 Å². The van der Waals surface area contributed by atoms with Crippen molar-refractivity contribution in [2.24, 2.45) is 0 Å². The summed E-state index contributed by atoms with van der Waals surface area (Å²) in [7, 11) is 0. The third-order valence-electron chi connectivity index (χ3n) is 3.44. The van der Waals surface area contributed by atoms with E-state index in [1.54, 1.807) is 12.1 Å². The molecule has 2 N–H and O–H groups in total. The summed E-state index contributed by atoms with van der Waals surface area (Å²) in [6.45, 7) is 0.717. The zero-order chi connectivity index (χ0) is 15.4. The molecule has 0 aliphatic heterocycles. The van der Waals surface area contributed by atoms with Crippen LogP contribution in [-0.2, 0) is 4.79 Å². The van der Waals surface area contributed by atoms with Crippen LogP contribution in [0.15, 0.2) is 29.6 Å². The van der Waals surface area contributed by atoms with Crippen LogP contribution in [0.5, 0.6) is 0 Å². The van der Waals surface area contributed by atoms with Gasteiger partial charge in [-0.2, -0.15) is 0 Å². The van der Waals surface area contributed by atoms with Gasteiger partial charge in [-0.25, -0.2) is 9.37 Å². The summed E-state index contributed by atoms with van der Waals surface area (Å²) in [5, 5.41) is 8.96. The molecule has 0 bridgehead atoms. The maximum atomic E-state index is 12.9. The Balaban J connectivity index is 1.43. The normalized spacial score (nSPS) is 13.9. The minimum atomic E-state index is -0.248. The summed E-state index contributed by atoms with van der Waals surface area (Å²) in [5.74, 6) is -0.114. The number of nitrogens with one attached hydrogen (secondary N) is 2. The van der Waals surface area contributed by atoms with Gasteiger partial charge in [-0.3, -0.25) is 4.79 Å². The van der Waals surface area contributed by atoms with E-state index in [2.05, 4.69) is 15.6 Å². The van der Waals surface area contributed by atoms with Crippen LogP contribution in [0.2, 0.25) is 0 Å². The van der Waals surface area contributed by atoms with Crippen LogP contribution >= 0.6 is 11.3 Å². The molecule has 116 valence electrons. The molecule has 1 aliphatic rings. The standard InChI is InChI=1S/C16H18FN3OS/c17-12-5-3-11(4-6-12)14-10-22-16(20-14)18-9-1-2-15(21)19-13-7-8-13/h3-6,10,13H,1-2,7-9H2,(H,18,20)(H,19,21). The van der Waals surface area contributed by atoms with Gasteiger partial charge in [0.2, 0.25) is 5.91 Å². The Morgan fingerprint density at radius 1 is 1.32 bits per heavy atom. The molecule has 0 radical (unpaired) electrons. The fraction of sp³-hybridized carbons (Fsp3) is 0.375. The van der Waals surface area contributed by atoms with E-state index in [1.165, 1.54) is 23.5 Å². The molecule has 22 heavy (non-hydrogen) atoms. The van der Waals surface area contributed by atoms with E-state index in [1.807, 2.05) is 5.38 Å². The summed E-state index contributed by atoms with van der Waals surface area (Å²) in [5.41, 5.74) is 1.73. The Kier molecular flexibility index (Phi) is 4.68. The minimum absolute atomic E-state index is 0.135. The molecular formula is C16H18FN3OS. The predicted octanol–water partition coefficient (Wildman–Crippen LogP) is 3.42. The first kappa shape index (κ1) is 15.0. The second-order valence-corrected chi connectivity index (χ2v) is 6.28. The van der Waals surface area contributed by atoms with Crippen LogP contribution in [-0.4, -0.2) is 23.5 Å². The molecule has 1 aromatic heterocycles. The molecule has 1 aromatic carbocycles. The quantitative estimate of drug-likeness (QED) is 0.769. The lowest BCUT2D eigenvalue weighted by Gasteiger charge is -2.04. The van der Waals surface area contributed by atoms with Gasteiger partial charge in [0.1, 0.15) is 5.82 Å². The Labute approximate surface area is 132 Å². The molecule has 4 nitrogen and oxygen atoms in total. The smallest absolute Gasteiger partial charge is 0.220 e. The third-order valence-corrected chi connectivity index (χ3v) is 4.24. The average molecular weight is 319 g/mol. The lowest BCUT2D eigenvalue weighted by atomic mass is 10.2. The van der Waals surface area contributed by atoms with Gasteiger partial charge in [-0.15, -0.1) is 11.3 Å². The molecule has 1 heterocycles. The zero-order valence-corrected chi connectivity index (χ0v) is 13.0. The molecule has 1 aliphatic carbocycles. The summed E-state index contributed by atoms with van der Waals surface area (Å²) in [6, 6.07) is 6.73. The van der Waals surface area contributed by atoms with E-state index in [9.17, 15) is 9.18 Å². The molecule has 1 amide bonds. The highest BCUT2D eigenvalue weighted by Gasteiger charge is 2.22. The number of amides is 1. The van der Waals surface area contributed by atoms with Crippen LogP contribution in [0.3, 0.4) is 0 Å². The van der Waals surface area contributed by atoms with Crippen LogP contribution in [0.25, 0.3) is 11.3 Å². The Morgan fingerprint density at radius 2 is 2.09 bits per heavy atom. The number of nitrogens with zero attached hydrogens (tertiary/aromatic N) is 1. The first-order valence-corrected chi connectivity index (χ1v) is 8.33. The number of hydrogen-bond acceptors (Lipinski definition) is 4. The van der Waals surface area contributed by atoms with Gasteiger partial charge in [-0.1, -0.05) is 0 Å². The van der Waals surface area contributed by atoms with Gasteiger partial charge >= 0.3 is 0 Å². The van der Waals surface area contributed by atoms with Gasteiger partial charge in [0.05, 0.1) is 5.69 Å². The van der Waals surface area contributed by atoms with E-state index in [-0.39, 0.29) is 11.7 Å². The summed E-state index contributed by atoms with van der Waals surface area (Å²) >= 11 is 1.51. The summed E-state index contributed by atoms with van der Waals surface area (Å²) < 4.78 is 12.9. The van der Waals surface area contributed by atoms with Crippen molar-refractivity contribution in [3.8, 4) is 11.3 Å². The fourth-order valence-corrected chi connectivity index (χ4v) is 2.83. The second-order valence-electron chi connectivity index (χ2n) is 5.42. The molecule has 6 heteroatoms. The van der Waals surface area contributed by atoms with E-state index in [0.717, 1.165) is 35.7 Å². The maximum absolute atomic E-state index is 12.9. The number of halogens is 1. The van der Waals surface area contributed by atoms with Crippen molar-refractivity contribution >= 4 is 22.4 Å². The second kappa shape index (κ2) is 6.87. The number of carbonyl (C=O) groups is 1. The van der Waals surface area contributed by atoms with Crippen molar-refractivity contribution < 1.29 is 9.18 Å². The molecule has 0 saturated heterocycles. The van der Waals surface area contributed by atoms with Crippen molar-refractivity contribution in [2.75, 3.05) is 11.9 Å². The highest BCUT2D eigenvalue weighted by Crippen LogP contribution is 2.25. The third kappa shape index (κ3) is 4.27. The Morgan fingerprint density at radius 3 is 2.82 bits per heavy atom. The molecule has 0 spiro atoms. The van der Waals surface area contributed by atoms with E-state index >= 15 is 0 Å². The molecule has 0 unspecified atom stereocenters. The topological polar surface area (TPSA) is 54.0 Å². The molecule has 1 fully saturated rings. The van der Waals surface area contributed by atoms with E-state index < -0.39 is 0 Å². The number of carbonyl (C=O) groups excluding carboxylic acids is 1. The number of thiazole rings is 1. The summed E-state index contributed by atoms with van der Waals surface area (Å²) in [4.78, 5) is 16.0. The molecule has 3 rings (SSSR count). The lowest BCUT2D eigenvalue weighted by molar-refractivity contribution is -0.121. The molecule has 1 saturated carbocycles. The van der Waals surface area contributed by atoms with Crippen LogP contribution in [0, 0.1) is 5.82 Å². The monoisotopic (exact) mass is 319 g/mol. The van der Waals surface area contributed by atoms with E-state index in [4.69, 9.17) is 0 Å². The molecule has 2 aromatic rings. The van der Waals surface area contributed by atoms with Gasteiger partial charge in [0, 0.05) is 30.0 Å². The average Bonchev–Trinajstić information content (AvgIpc) is 3.19. The van der Waals surface area contributed by atoms with Gasteiger partial charge < -0.3 is 10.6 Å². The van der Waals surface area contributed by atoms with Crippen LogP contribution in [0.1, 0.15) is 25.7 Å². The highest BCUT2D eigenvalue weighted by molar-refractivity contribution is 7.14. The summed E-state index contributed by atoms with van der Waals surface area (Å²) in [6.07, 6.45) is 3.56. The molecule has 0 atom stereocenters. The van der Waals surface area contributed by atoms with Crippen molar-refractivity contribution in [2.45, 2.75) is 31.7 Å². The van der Waals surface area contributed by atoms with Crippen LogP contribution in [0.4, 0.5) is 9.52 Å². The Hall–Kier alpha value is -1.95. The first-order valence-electron chi connectivity index (χ1n) is 7.45. The number of hydrogen-bond donors (Lipinski definition) is 2. The van der Waals surface area contributed by atoms with Gasteiger partial charge in [-0.05, 0) is 43.5 Å². The highest BCUT2D eigenvalue weighted by atomic mass is 32.1. The molecular weight excluding hydrogens is 301 g/mol. The number of rotatable bonds is 7. The SMILES string of the molecule is O=C(CCCNc1nc(-c2ccc(F)cc2)cs1)NC1CC1.